The molecule has 2 amide bonds. The van der Waals surface area contributed by atoms with Crippen molar-refractivity contribution in [2.24, 2.45) is 0 Å². The molecule has 0 radical (unpaired) electrons. The van der Waals surface area contributed by atoms with Crippen molar-refractivity contribution in [3.63, 3.8) is 0 Å². The zero-order valence-electron chi connectivity index (χ0n) is 10.7. The highest BCUT2D eigenvalue weighted by molar-refractivity contribution is 5.95. The first-order valence-corrected chi connectivity index (χ1v) is 6.56. The number of nitrogens with zero attached hydrogens (tertiary/aromatic N) is 2. The minimum Gasteiger partial charge on any atom is -0.367 e. The Morgan fingerprint density at radius 3 is 3.05 bits per heavy atom. The molecule has 2 atom stereocenters. The lowest BCUT2D eigenvalue weighted by Gasteiger charge is -2.24. The van der Waals surface area contributed by atoms with Gasteiger partial charge >= 0.3 is 0 Å². The predicted octanol–water partition coefficient (Wildman–Crippen LogP) is 1.02. The van der Waals surface area contributed by atoms with Crippen molar-refractivity contribution in [2.75, 3.05) is 13.1 Å². The van der Waals surface area contributed by atoms with Crippen LogP contribution in [-0.4, -0.2) is 51.8 Å². The van der Waals surface area contributed by atoms with E-state index < -0.39 is 0 Å². The van der Waals surface area contributed by atoms with E-state index in [-0.39, 0.29) is 23.9 Å². The Morgan fingerprint density at radius 2 is 2.37 bits per heavy atom. The number of H-pyrrole nitrogens is 1. The fraction of sp³-hybridized carbons (Fsp3) is 0.429. The van der Waals surface area contributed by atoms with Gasteiger partial charge in [-0.25, -0.2) is 0 Å². The van der Waals surface area contributed by atoms with Gasteiger partial charge in [0.1, 0.15) is 0 Å². The third-order valence-corrected chi connectivity index (χ3v) is 4.05. The lowest BCUT2D eigenvalue weighted by Crippen LogP contribution is -2.39. The second-order valence-corrected chi connectivity index (χ2v) is 5.06. The molecule has 0 aliphatic carbocycles. The van der Waals surface area contributed by atoms with E-state index >= 15 is 0 Å². The van der Waals surface area contributed by atoms with Gasteiger partial charge in [0.05, 0.1) is 17.6 Å². The van der Waals surface area contributed by atoms with Crippen molar-refractivity contribution in [1.29, 1.82) is 0 Å². The predicted molar refractivity (Wildman–Crippen MR) is 70.5 cm³/mol. The van der Waals surface area contributed by atoms with E-state index in [0.29, 0.717) is 18.5 Å². The Kier molecular flexibility index (Phi) is 2.89. The molecule has 0 saturated carbocycles. The summed E-state index contributed by atoms with van der Waals surface area (Å²) in [5.41, 5.74) is 0.662. The minimum absolute atomic E-state index is 0.0157. The van der Waals surface area contributed by atoms with Crippen LogP contribution < -0.4 is 0 Å². The van der Waals surface area contributed by atoms with Crippen LogP contribution in [0.1, 0.15) is 23.2 Å². The smallest absolute Gasteiger partial charge is 0.255 e. The van der Waals surface area contributed by atoms with Crippen LogP contribution in [-0.2, 0) is 4.79 Å². The average molecular weight is 259 g/mol. The van der Waals surface area contributed by atoms with E-state index in [0.717, 1.165) is 13.0 Å². The molecule has 2 aliphatic rings. The van der Waals surface area contributed by atoms with Crippen LogP contribution in [0, 0.1) is 0 Å². The largest absolute Gasteiger partial charge is 0.367 e. The van der Waals surface area contributed by atoms with E-state index in [1.807, 2.05) is 9.80 Å². The molecule has 0 spiro atoms. The molecule has 3 heterocycles. The maximum absolute atomic E-state index is 12.4. The first kappa shape index (κ1) is 12.0. The van der Waals surface area contributed by atoms with Gasteiger partial charge in [-0.2, -0.15) is 0 Å². The molecular formula is C14H17N3O2. The first-order valence-electron chi connectivity index (χ1n) is 6.56. The van der Waals surface area contributed by atoms with Gasteiger partial charge in [-0.1, -0.05) is 6.08 Å². The normalized spacial score (nSPS) is 25.8. The van der Waals surface area contributed by atoms with Crippen LogP contribution in [0.4, 0.5) is 0 Å². The minimum atomic E-state index is 0.0157. The second-order valence-electron chi connectivity index (χ2n) is 5.06. The number of rotatable bonds is 3. The van der Waals surface area contributed by atoms with Gasteiger partial charge in [0.15, 0.2) is 0 Å². The van der Waals surface area contributed by atoms with Crippen molar-refractivity contribution in [1.82, 2.24) is 14.8 Å². The summed E-state index contributed by atoms with van der Waals surface area (Å²) in [5.74, 6) is 0.142. The lowest BCUT2D eigenvalue weighted by atomic mass is 10.1. The van der Waals surface area contributed by atoms with Crippen LogP contribution in [0.15, 0.2) is 31.1 Å². The van der Waals surface area contributed by atoms with Crippen LogP contribution >= 0.6 is 0 Å². The average Bonchev–Trinajstić information content (AvgIpc) is 3.08. The number of aromatic nitrogens is 1. The summed E-state index contributed by atoms with van der Waals surface area (Å²) in [6.45, 7) is 4.99. The summed E-state index contributed by atoms with van der Waals surface area (Å²) in [5, 5.41) is 0. The number of carbonyl (C=O) groups excluding carboxylic acids is 2. The number of likely N-dealkylation sites (tertiary alicyclic amines) is 2. The first-order chi connectivity index (χ1) is 9.22. The monoisotopic (exact) mass is 259 g/mol. The molecule has 0 aromatic carbocycles. The van der Waals surface area contributed by atoms with E-state index in [9.17, 15) is 9.59 Å². The van der Waals surface area contributed by atoms with Crippen LogP contribution in [0.3, 0.4) is 0 Å². The number of fused-ring (bicyclic) bond motifs is 1. The molecule has 5 heteroatoms. The van der Waals surface area contributed by atoms with Crippen LogP contribution in [0.5, 0.6) is 0 Å². The SMILES string of the molecule is C=CCN1C(=O)CC2C1CCN2C(=O)c1cc[nH]c1. The van der Waals surface area contributed by atoms with E-state index in [2.05, 4.69) is 11.6 Å². The quantitative estimate of drug-likeness (QED) is 0.824. The zero-order chi connectivity index (χ0) is 13.4. The third kappa shape index (κ3) is 1.85. The molecule has 2 saturated heterocycles. The summed E-state index contributed by atoms with van der Waals surface area (Å²) in [6.07, 6.45) is 6.49. The van der Waals surface area contributed by atoms with Gasteiger partial charge in [-0.3, -0.25) is 9.59 Å². The standard InChI is InChI=1S/C14H17N3O2/c1-2-6-16-11-4-7-17(12(11)8-13(16)18)14(19)10-3-5-15-9-10/h2-3,5,9,11-12,15H,1,4,6-8H2. The lowest BCUT2D eigenvalue weighted by molar-refractivity contribution is -0.128. The summed E-state index contributed by atoms with van der Waals surface area (Å²) < 4.78 is 0. The number of amides is 2. The number of hydrogen-bond donors (Lipinski definition) is 1. The maximum atomic E-state index is 12.4. The zero-order valence-corrected chi connectivity index (χ0v) is 10.7. The topological polar surface area (TPSA) is 56.4 Å². The summed E-state index contributed by atoms with van der Waals surface area (Å²) in [4.78, 5) is 30.9. The fourth-order valence-electron chi connectivity index (χ4n) is 3.18. The van der Waals surface area contributed by atoms with E-state index in [4.69, 9.17) is 0 Å². The van der Waals surface area contributed by atoms with Crippen LogP contribution in [0.2, 0.25) is 0 Å². The molecule has 2 fully saturated rings. The molecule has 5 nitrogen and oxygen atoms in total. The van der Waals surface area contributed by atoms with E-state index in [1.165, 1.54) is 0 Å². The number of aromatic amines is 1. The van der Waals surface area contributed by atoms with Gasteiger partial charge in [-0.05, 0) is 12.5 Å². The van der Waals surface area contributed by atoms with Gasteiger partial charge in [0.25, 0.3) is 5.91 Å². The number of nitrogens with one attached hydrogen (secondary N) is 1. The van der Waals surface area contributed by atoms with Gasteiger partial charge in [-0.15, -0.1) is 6.58 Å². The molecule has 2 unspecified atom stereocenters. The maximum Gasteiger partial charge on any atom is 0.255 e. The Labute approximate surface area is 111 Å². The van der Waals surface area contributed by atoms with Gasteiger partial charge in [0.2, 0.25) is 5.91 Å². The molecule has 2 aliphatic heterocycles. The Bertz CT molecular complexity index is 509. The fourth-order valence-corrected chi connectivity index (χ4v) is 3.18. The second kappa shape index (κ2) is 4.57. The van der Waals surface area contributed by atoms with Gasteiger partial charge < -0.3 is 14.8 Å². The highest BCUT2D eigenvalue weighted by Gasteiger charge is 2.47. The van der Waals surface area contributed by atoms with Crippen molar-refractivity contribution in [3.8, 4) is 0 Å². The van der Waals surface area contributed by atoms with E-state index in [1.54, 1.807) is 24.5 Å². The molecule has 0 bridgehead atoms. The summed E-state index contributed by atoms with van der Waals surface area (Å²) >= 11 is 0. The Morgan fingerprint density at radius 1 is 1.53 bits per heavy atom. The third-order valence-electron chi connectivity index (χ3n) is 4.05. The Balaban J connectivity index is 1.79. The highest BCUT2D eigenvalue weighted by Crippen LogP contribution is 2.33. The molecule has 1 aromatic rings. The molecule has 19 heavy (non-hydrogen) atoms. The number of carbonyl (C=O) groups is 2. The van der Waals surface area contributed by atoms with Crippen molar-refractivity contribution in [3.05, 3.63) is 36.7 Å². The molecule has 3 rings (SSSR count). The summed E-state index contributed by atoms with van der Waals surface area (Å²) in [6, 6.07) is 1.96. The summed E-state index contributed by atoms with van der Waals surface area (Å²) in [7, 11) is 0. The van der Waals surface area contributed by atoms with Crippen molar-refractivity contribution in [2.45, 2.75) is 24.9 Å². The Hall–Kier alpha value is -2.04. The molecular weight excluding hydrogens is 242 g/mol. The van der Waals surface area contributed by atoms with Crippen molar-refractivity contribution < 1.29 is 9.59 Å². The molecule has 100 valence electrons. The van der Waals surface area contributed by atoms with Crippen LogP contribution in [0.25, 0.3) is 0 Å². The van der Waals surface area contributed by atoms with Crippen molar-refractivity contribution >= 4 is 11.8 Å². The molecule has 1 aromatic heterocycles. The molecule has 1 N–H and O–H groups in total. The highest BCUT2D eigenvalue weighted by atomic mass is 16.2. The number of hydrogen-bond acceptors (Lipinski definition) is 2. The van der Waals surface area contributed by atoms with Gasteiger partial charge in [0, 0.05) is 31.9 Å².